The second kappa shape index (κ2) is 7.99. The summed E-state index contributed by atoms with van der Waals surface area (Å²) < 4.78 is 27.9. The van der Waals surface area contributed by atoms with Gasteiger partial charge in [-0.05, 0) is 60.0 Å². The molecule has 166 valence electrons. The molecule has 0 spiro atoms. The number of carbonyl (C=O) groups is 1. The van der Waals surface area contributed by atoms with Gasteiger partial charge in [-0.1, -0.05) is 18.2 Å². The number of para-hydroxylation sites is 1. The summed E-state index contributed by atoms with van der Waals surface area (Å²) >= 11 is 0. The van der Waals surface area contributed by atoms with Crippen molar-refractivity contribution < 1.29 is 13.2 Å². The molecule has 0 aliphatic carbocycles. The molecule has 0 aliphatic rings. The fraction of sp³-hybridized carbons (Fsp3) is 0.0435. The minimum atomic E-state index is -3.88. The minimum Gasteiger partial charge on any atom is -0.357 e. The second-order valence-corrected chi connectivity index (χ2v) is 9.22. The van der Waals surface area contributed by atoms with Gasteiger partial charge < -0.3 is 20.3 Å². The summed E-state index contributed by atoms with van der Waals surface area (Å²) in [4.78, 5) is 32.2. The average Bonchev–Trinajstić information content (AvgIpc) is 3.39. The number of aromatic nitrogens is 3. The average molecular weight is 462 g/mol. The van der Waals surface area contributed by atoms with Gasteiger partial charge in [-0.2, -0.15) is 0 Å². The molecule has 0 saturated carbocycles. The molecule has 0 atom stereocenters. The zero-order valence-electron chi connectivity index (χ0n) is 17.2. The van der Waals surface area contributed by atoms with Crippen molar-refractivity contribution >= 4 is 43.6 Å². The number of imidazole rings is 1. The molecule has 2 heterocycles. The van der Waals surface area contributed by atoms with Crippen molar-refractivity contribution in [3.8, 4) is 0 Å². The van der Waals surface area contributed by atoms with Gasteiger partial charge >= 0.3 is 5.69 Å². The van der Waals surface area contributed by atoms with Gasteiger partial charge in [0, 0.05) is 22.5 Å². The van der Waals surface area contributed by atoms with Crippen LogP contribution in [0.25, 0.3) is 21.9 Å². The molecule has 2 aromatic heterocycles. The lowest BCUT2D eigenvalue weighted by molar-refractivity contribution is 0.0950. The quantitative estimate of drug-likeness (QED) is 0.265. The standard InChI is InChI=1S/C23H19N5O4S/c29-22(24-13-17-11-15-3-1-2-4-19(15)25-17)14-5-7-16(8-6-14)28-33(31,32)18-9-10-20-21(12-18)27-23(30)26-20/h1-12,25,28H,13H2,(H,24,29)(H2,26,27,30). The summed E-state index contributed by atoms with van der Waals surface area (Å²) in [7, 11) is -3.88. The maximum atomic E-state index is 12.7. The second-order valence-electron chi connectivity index (χ2n) is 7.53. The van der Waals surface area contributed by atoms with Crippen molar-refractivity contribution in [2.75, 3.05) is 4.72 Å². The maximum Gasteiger partial charge on any atom is 0.323 e. The number of sulfonamides is 1. The molecule has 5 rings (SSSR count). The van der Waals surface area contributed by atoms with Crippen LogP contribution in [0.3, 0.4) is 0 Å². The third-order valence-corrected chi connectivity index (χ3v) is 6.60. The van der Waals surface area contributed by atoms with Crippen molar-refractivity contribution in [3.63, 3.8) is 0 Å². The summed E-state index contributed by atoms with van der Waals surface area (Å²) in [6, 6.07) is 20.3. The number of benzene rings is 3. The molecule has 0 aliphatic heterocycles. The van der Waals surface area contributed by atoms with E-state index < -0.39 is 15.7 Å². The molecule has 1 amide bonds. The lowest BCUT2D eigenvalue weighted by atomic mass is 10.2. The lowest BCUT2D eigenvalue weighted by Gasteiger charge is -2.09. The van der Waals surface area contributed by atoms with Crippen LogP contribution in [0.5, 0.6) is 0 Å². The van der Waals surface area contributed by atoms with Crippen LogP contribution in [0.1, 0.15) is 16.1 Å². The number of fused-ring (bicyclic) bond motifs is 2. The van der Waals surface area contributed by atoms with Crippen LogP contribution in [-0.2, 0) is 16.6 Å². The highest BCUT2D eigenvalue weighted by Crippen LogP contribution is 2.20. The summed E-state index contributed by atoms with van der Waals surface area (Å²) in [5, 5.41) is 3.92. The summed E-state index contributed by atoms with van der Waals surface area (Å²) in [6.45, 7) is 0.339. The Morgan fingerprint density at radius 1 is 0.818 bits per heavy atom. The van der Waals surface area contributed by atoms with E-state index in [1.165, 1.54) is 30.3 Å². The predicted molar refractivity (Wildman–Crippen MR) is 126 cm³/mol. The van der Waals surface area contributed by atoms with E-state index in [2.05, 4.69) is 25.0 Å². The van der Waals surface area contributed by atoms with Gasteiger partial charge in [-0.3, -0.25) is 9.52 Å². The number of H-pyrrole nitrogens is 3. The van der Waals surface area contributed by atoms with Crippen LogP contribution >= 0.6 is 0 Å². The monoisotopic (exact) mass is 461 g/mol. The number of rotatable bonds is 6. The Balaban J connectivity index is 1.26. The van der Waals surface area contributed by atoms with Crippen molar-refractivity contribution in [2.45, 2.75) is 11.4 Å². The molecule has 0 saturated heterocycles. The smallest absolute Gasteiger partial charge is 0.323 e. The summed E-state index contributed by atoms with van der Waals surface area (Å²) in [5.74, 6) is -0.273. The fourth-order valence-corrected chi connectivity index (χ4v) is 4.67. The third kappa shape index (κ3) is 4.23. The molecule has 33 heavy (non-hydrogen) atoms. The van der Waals surface area contributed by atoms with E-state index in [0.29, 0.717) is 28.8 Å². The number of amides is 1. The first-order chi connectivity index (χ1) is 15.9. The van der Waals surface area contributed by atoms with Gasteiger partial charge in [0.2, 0.25) is 0 Å². The van der Waals surface area contributed by atoms with E-state index in [9.17, 15) is 18.0 Å². The van der Waals surface area contributed by atoms with Crippen molar-refractivity contribution in [2.24, 2.45) is 0 Å². The molecule has 9 nitrogen and oxygen atoms in total. The maximum absolute atomic E-state index is 12.7. The number of hydrogen-bond donors (Lipinski definition) is 5. The van der Waals surface area contributed by atoms with Gasteiger partial charge in [-0.15, -0.1) is 0 Å². The molecule has 0 bridgehead atoms. The predicted octanol–water partition coefficient (Wildman–Crippen LogP) is 3.07. The Labute approximate surface area is 187 Å². The Morgan fingerprint density at radius 3 is 2.36 bits per heavy atom. The highest BCUT2D eigenvalue weighted by Gasteiger charge is 2.16. The molecule has 0 fully saturated rings. The Bertz CT molecular complexity index is 1610. The van der Waals surface area contributed by atoms with Gasteiger partial charge in [0.05, 0.1) is 22.5 Å². The normalized spacial score (nSPS) is 11.6. The molecular weight excluding hydrogens is 442 g/mol. The van der Waals surface area contributed by atoms with E-state index in [0.717, 1.165) is 16.6 Å². The molecule has 0 unspecified atom stereocenters. The van der Waals surface area contributed by atoms with Crippen LogP contribution < -0.4 is 15.7 Å². The molecule has 0 radical (unpaired) electrons. The van der Waals surface area contributed by atoms with Crippen LogP contribution in [0.2, 0.25) is 0 Å². The van der Waals surface area contributed by atoms with E-state index in [1.807, 2.05) is 30.3 Å². The summed E-state index contributed by atoms with van der Waals surface area (Å²) in [5.41, 5.74) is 3.10. The Hall–Kier alpha value is -4.31. The van der Waals surface area contributed by atoms with Gasteiger partial charge in [0.25, 0.3) is 15.9 Å². The van der Waals surface area contributed by atoms with E-state index in [1.54, 1.807) is 12.1 Å². The number of anilines is 1. The summed E-state index contributed by atoms with van der Waals surface area (Å²) in [6.07, 6.45) is 0. The lowest BCUT2D eigenvalue weighted by Crippen LogP contribution is -2.23. The molecule has 5 aromatic rings. The molecule has 10 heteroatoms. The van der Waals surface area contributed by atoms with Crippen LogP contribution in [0.4, 0.5) is 5.69 Å². The van der Waals surface area contributed by atoms with Crippen LogP contribution in [-0.4, -0.2) is 29.3 Å². The van der Waals surface area contributed by atoms with E-state index in [-0.39, 0.29) is 10.8 Å². The Kier molecular flexibility index (Phi) is 4.98. The Morgan fingerprint density at radius 2 is 1.58 bits per heavy atom. The molecule has 3 aromatic carbocycles. The fourth-order valence-electron chi connectivity index (χ4n) is 3.59. The van der Waals surface area contributed by atoms with E-state index in [4.69, 9.17) is 0 Å². The zero-order chi connectivity index (χ0) is 23.0. The molecular formula is C23H19N5O4S. The topological polar surface area (TPSA) is 140 Å². The van der Waals surface area contributed by atoms with Gasteiger partial charge in [0.15, 0.2) is 0 Å². The van der Waals surface area contributed by atoms with Crippen LogP contribution in [0, 0.1) is 0 Å². The number of nitrogens with one attached hydrogen (secondary N) is 5. The van der Waals surface area contributed by atoms with Crippen molar-refractivity contribution in [1.82, 2.24) is 20.3 Å². The minimum absolute atomic E-state index is 0.00500. The van der Waals surface area contributed by atoms with Crippen molar-refractivity contribution in [1.29, 1.82) is 0 Å². The highest BCUT2D eigenvalue weighted by molar-refractivity contribution is 7.92. The molecule has 5 N–H and O–H groups in total. The number of hydrogen-bond acceptors (Lipinski definition) is 4. The van der Waals surface area contributed by atoms with Crippen LogP contribution in [0.15, 0.2) is 82.5 Å². The first-order valence-corrected chi connectivity index (χ1v) is 11.6. The third-order valence-electron chi connectivity index (χ3n) is 5.22. The highest BCUT2D eigenvalue weighted by atomic mass is 32.2. The van der Waals surface area contributed by atoms with Gasteiger partial charge in [0.1, 0.15) is 0 Å². The van der Waals surface area contributed by atoms with Gasteiger partial charge in [-0.25, -0.2) is 13.2 Å². The number of aromatic amines is 3. The number of carbonyl (C=O) groups excluding carboxylic acids is 1. The van der Waals surface area contributed by atoms with Crippen molar-refractivity contribution in [3.05, 3.63) is 94.5 Å². The largest absolute Gasteiger partial charge is 0.357 e. The first kappa shape index (κ1) is 20.6. The van der Waals surface area contributed by atoms with E-state index >= 15 is 0 Å². The SMILES string of the molecule is O=C(NCc1cc2ccccc2[nH]1)c1ccc(NS(=O)(=O)c2ccc3[nH]c(=O)[nH]c3c2)cc1. The first-order valence-electron chi connectivity index (χ1n) is 10.1. The zero-order valence-corrected chi connectivity index (χ0v) is 18.0.